The van der Waals surface area contributed by atoms with Crippen LogP contribution >= 0.6 is 11.3 Å². The van der Waals surface area contributed by atoms with E-state index in [-0.39, 0.29) is 0 Å². The Kier molecular flexibility index (Phi) is 4.63. The van der Waals surface area contributed by atoms with E-state index in [0.29, 0.717) is 5.92 Å². The number of anilines is 1. The number of piperidine rings is 1. The van der Waals surface area contributed by atoms with E-state index in [1.165, 1.54) is 32.1 Å². The molecule has 2 fully saturated rings. The fourth-order valence-corrected chi connectivity index (χ4v) is 4.91. The van der Waals surface area contributed by atoms with Crippen LogP contribution in [0.3, 0.4) is 0 Å². The standard InChI is InChI=1S/C17H26N2OS/c1-3-12(2)16-15(11-20)21-17(18-16)19-9-8-13-6-4-5-7-14(13)10-19/h11-14H,3-10H2,1-2H3. The Labute approximate surface area is 131 Å². The molecule has 4 heteroatoms. The maximum absolute atomic E-state index is 11.3. The van der Waals surface area contributed by atoms with Crippen LogP contribution in [0, 0.1) is 11.8 Å². The molecule has 1 saturated heterocycles. The highest BCUT2D eigenvalue weighted by atomic mass is 32.1. The summed E-state index contributed by atoms with van der Waals surface area (Å²) in [5.74, 6) is 2.17. The lowest BCUT2D eigenvalue weighted by molar-refractivity contribution is 0.112. The number of hydrogen-bond donors (Lipinski definition) is 0. The van der Waals surface area contributed by atoms with Crippen molar-refractivity contribution in [3.63, 3.8) is 0 Å². The molecule has 0 aromatic carbocycles. The molecule has 0 radical (unpaired) electrons. The number of nitrogens with zero attached hydrogens (tertiary/aromatic N) is 2. The monoisotopic (exact) mass is 306 g/mol. The van der Waals surface area contributed by atoms with Crippen LogP contribution in [0.1, 0.15) is 73.7 Å². The van der Waals surface area contributed by atoms with E-state index in [1.54, 1.807) is 11.3 Å². The first-order chi connectivity index (χ1) is 10.2. The van der Waals surface area contributed by atoms with Crippen molar-refractivity contribution >= 4 is 22.8 Å². The normalized spacial score (nSPS) is 27.2. The summed E-state index contributed by atoms with van der Waals surface area (Å²) >= 11 is 1.60. The third kappa shape index (κ3) is 3.01. The Hall–Kier alpha value is -0.900. The van der Waals surface area contributed by atoms with Crippen LogP contribution in [0.15, 0.2) is 0 Å². The van der Waals surface area contributed by atoms with Gasteiger partial charge in [0, 0.05) is 13.1 Å². The predicted octanol–water partition coefficient (Wildman–Crippen LogP) is 4.49. The Morgan fingerprint density at radius 2 is 2.10 bits per heavy atom. The van der Waals surface area contributed by atoms with Gasteiger partial charge in [0.15, 0.2) is 11.4 Å². The number of carbonyl (C=O) groups is 1. The molecule has 1 aliphatic heterocycles. The summed E-state index contributed by atoms with van der Waals surface area (Å²) in [5.41, 5.74) is 1.01. The zero-order chi connectivity index (χ0) is 14.8. The van der Waals surface area contributed by atoms with Crippen LogP contribution in [-0.4, -0.2) is 24.4 Å². The minimum Gasteiger partial charge on any atom is -0.348 e. The molecule has 3 atom stereocenters. The molecule has 2 aliphatic rings. The van der Waals surface area contributed by atoms with Crippen LogP contribution in [-0.2, 0) is 0 Å². The minimum absolute atomic E-state index is 0.377. The molecule has 0 bridgehead atoms. The second kappa shape index (κ2) is 6.47. The Bertz CT molecular complexity index is 499. The molecule has 3 rings (SSSR count). The molecule has 0 amide bonds. The SMILES string of the molecule is CCC(C)c1nc(N2CCC3CCCCC3C2)sc1C=O. The highest BCUT2D eigenvalue weighted by molar-refractivity contribution is 7.17. The maximum atomic E-state index is 11.3. The second-order valence-corrected chi connectivity index (χ2v) is 7.72. The fraction of sp³-hybridized carbons (Fsp3) is 0.765. The average Bonchev–Trinajstić information content (AvgIpc) is 2.98. The number of thiazole rings is 1. The van der Waals surface area contributed by atoms with Crippen molar-refractivity contribution in [1.29, 1.82) is 0 Å². The largest absolute Gasteiger partial charge is 0.348 e. The lowest BCUT2D eigenvalue weighted by Crippen LogP contribution is -2.41. The lowest BCUT2D eigenvalue weighted by Gasteiger charge is -2.41. The lowest BCUT2D eigenvalue weighted by atomic mass is 9.75. The average molecular weight is 306 g/mol. The smallest absolute Gasteiger partial charge is 0.186 e. The number of carbonyl (C=O) groups excluding carboxylic acids is 1. The van der Waals surface area contributed by atoms with Gasteiger partial charge in [-0.05, 0) is 37.0 Å². The van der Waals surface area contributed by atoms with Crippen LogP contribution in [0.5, 0.6) is 0 Å². The predicted molar refractivity (Wildman–Crippen MR) is 88.5 cm³/mol. The highest BCUT2D eigenvalue weighted by Gasteiger charge is 2.32. The molecule has 1 aromatic rings. The van der Waals surface area contributed by atoms with Gasteiger partial charge in [0.1, 0.15) is 0 Å². The van der Waals surface area contributed by atoms with E-state index >= 15 is 0 Å². The molecule has 0 spiro atoms. The van der Waals surface area contributed by atoms with E-state index in [4.69, 9.17) is 4.98 Å². The molecular weight excluding hydrogens is 280 g/mol. The topological polar surface area (TPSA) is 33.2 Å². The van der Waals surface area contributed by atoms with Crippen LogP contribution < -0.4 is 4.90 Å². The third-order valence-electron chi connectivity index (χ3n) is 5.42. The van der Waals surface area contributed by atoms with Crippen LogP contribution in [0.2, 0.25) is 0 Å². The summed E-state index contributed by atoms with van der Waals surface area (Å²) in [7, 11) is 0. The molecule has 2 heterocycles. The van der Waals surface area contributed by atoms with E-state index in [1.807, 2.05) is 0 Å². The number of rotatable bonds is 4. The van der Waals surface area contributed by atoms with Gasteiger partial charge in [0.05, 0.1) is 10.6 Å². The maximum Gasteiger partial charge on any atom is 0.186 e. The van der Waals surface area contributed by atoms with Crippen molar-refractivity contribution < 1.29 is 4.79 Å². The molecule has 3 unspecified atom stereocenters. The van der Waals surface area contributed by atoms with Crippen molar-refractivity contribution in [3.8, 4) is 0 Å². The molecule has 21 heavy (non-hydrogen) atoms. The molecular formula is C17H26N2OS. The summed E-state index contributed by atoms with van der Waals surface area (Å²) in [6.07, 6.45) is 8.96. The van der Waals surface area contributed by atoms with Crippen molar-refractivity contribution in [1.82, 2.24) is 4.98 Å². The van der Waals surface area contributed by atoms with Gasteiger partial charge < -0.3 is 4.90 Å². The third-order valence-corrected chi connectivity index (χ3v) is 6.48. The summed E-state index contributed by atoms with van der Waals surface area (Å²) < 4.78 is 0. The summed E-state index contributed by atoms with van der Waals surface area (Å²) in [5, 5.41) is 1.08. The van der Waals surface area contributed by atoms with Crippen molar-refractivity contribution in [2.24, 2.45) is 11.8 Å². The van der Waals surface area contributed by atoms with Gasteiger partial charge in [-0.3, -0.25) is 4.79 Å². The van der Waals surface area contributed by atoms with E-state index in [9.17, 15) is 4.79 Å². The Balaban J connectivity index is 1.77. The van der Waals surface area contributed by atoms with E-state index < -0.39 is 0 Å². The first-order valence-electron chi connectivity index (χ1n) is 8.43. The quantitative estimate of drug-likeness (QED) is 0.769. The molecule has 116 valence electrons. The number of fused-ring (bicyclic) bond motifs is 1. The Morgan fingerprint density at radius 1 is 1.33 bits per heavy atom. The first-order valence-corrected chi connectivity index (χ1v) is 9.25. The molecule has 1 saturated carbocycles. The zero-order valence-corrected chi connectivity index (χ0v) is 14.0. The zero-order valence-electron chi connectivity index (χ0n) is 13.2. The van der Waals surface area contributed by atoms with E-state index in [2.05, 4.69) is 18.7 Å². The van der Waals surface area contributed by atoms with E-state index in [0.717, 1.165) is 53.3 Å². The number of aldehydes is 1. The van der Waals surface area contributed by atoms with Crippen LogP contribution in [0.4, 0.5) is 5.13 Å². The second-order valence-electron chi connectivity index (χ2n) is 6.71. The minimum atomic E-state index is 0.377. The Morgan fingerprint density at radius 3 is 2.81 bits per heavy atom. The summed E-state index contributed by atoms with van der Waals surface area (Å²) in [4.78, 5) is 19.4. The van der Waals surface area contributed by atoms with Gasteiger partial charge >= 0.3 is 0 Å². The van der Waals surface area contributed by atoms with Crippen LogP contribution in [0.25, 0.3) is 0 Å². The molecule has 1 aliphatic carbocycles. The first kappa shape index (κ1) is 15.0. The fourth-order valence-electron chi connectivity index (χ4n) is 3.87. The van der Waals surface area contributed by atoms with Gasteiger partial charge in [0.2, 0.25) is 0 Å². The number of hydrogen-bond acceptors (Lipinski definition) is 4. The van der Waals surface area contributed by atoms with Gasteiger partial charge in [-0.2, -0.15) is 0 Å². The van der Waals surface area contributed by atoms with Crippen molar-refractivity contribution in [2.75, 3.05) is 18.0 Å². The number of aromatic nitrogens is 1. The van der Waals surface area contributed by atoms with Crippen molar-refractivity contribution in [2.45, 2.75) is 58.3 Å². The molecule has 3 nitrogen and oxygen atoms in total. The summed E-state index contributed by atoms with van der Waals surface area (Å²) in [6.45, 7) is 6.59. The molecule has 0 N–H and O–H groups in total. The van der Waals surface area contributed by atoms with Gasteiger partial charge in [-0.15, -0.1) is 0 Å². The van der Waals surface area contributed by atoms with Gasteiger partial charge in [-0.1, -0.05) is 44.4 Å². The van der Waals surface area contributed by atoms with Gasteiger partial charge in [0.25, 0.3) is 0 Å². The summed E-state index contributed by atoms with van der Waals surface area (Å²) in [6, 6.07) is 0. The van der Waals surface area contributed by atoms with Crippen molar-refractivity contribution in [3.05, 3.63) is 10.6 Å². The van der Waals surface area contributed by atoms with Gasteiger partial charge in [-0.25, -0.2) is 4.98 Å². The molecule has 1 aromatic heterocycles. The highest BCUT2D eigenvalue weighted by Crippen LogP contribution is 2.39.